The highest BCUT2D eigenvalue weighted by atomic mass is 16.4. The molecule has 2 aromatic heterocycles. The van der Waals surface area contributed by atoms with E-state index in [2.05, 4.69) is 4.98 Å². The quantitative estimate of drug-likeness (QED) is 0.845. The highest BCUT2D eigenvalue weighted by Gasteiger charge is 2.15. The summed E-state index contributed by atoms with van der Waals surface area (Å²) < 4.78 is 5.24. The van der Waals surface area contributed by atoms with Crippen LogP contribution in [0.1, 0.15) is 13.8 Å². The largest absolute Gasteiger partial charge is 0.421 e. The SMILES string of the molecule is CCN(C(C)=O)c1ccc(-c2cccnc2)oc1=O. The van der Waals surface area contributed by atoms with Crippen LogP contribution in [0.15, 0.2) is 45.9 Å². The van der Waals surface area contributed by atoms with E-state index in [1.807, 2.05) is 0 Å². The summed E-state index contributed by atoms with van der Waals surface area (Å²) in [7, 11) is 0. The molecule has 2 rings (SSSR count). The summed E-state index contributed by atoms with van der Waals surface area (Å²) in [6.45, 7) is 3.64. The van der Waals surface area contributed by atoms with Gasteiger partial charge < -0.3 is 9.32 Å². The van der Waals surface area contributed by atoms with E-state index in [0.717, 1.165) is 5.56 Å². The van der Waals surface area contributed by atoms with Gasteiger partial charge in [0.2, 0.25) is 5.91 Å². The van der Waals surface area contributed by atoms with Gasteiger partial charge >= 0.3 is 5.63 Å². The molecule has 0 aliphatic carbocycles. The Morgan fingerprint density at radius 1 is 1.37 bits per heavy atom. The predicted molar refractivity (Wildman–Crippen MR) is 71.9 cm³/mol. The molecule has 0 spiro atoms. The Balaban J connectivity index is 2.43. The molecule has 0 saturated heterocycles. The Hall–Kier alpha value is -2.43. The molecule has 0 unspecified atom stereocenters. The fourth-order valence-corrected chi connectivity index (χ4v) is 1.84. The molecule has 0 radical (unpaired) electrons. The number of carbonyl (C=O) groups excluding carboxylic acids is 1. The third kappa shape index (κ3) is 2.70. The minimum absolute atomic E-state index is 0.191. The number of hydrogen-bond acceptors (Lipinski definition) is 4. The van der Waals surface area contributed by atoms with Crippen molar-refractivity contribution in [3.63, 3.8) is 0 Å². The van der Waals surface area contributed by atoms with Crippen LogP contribution in [0.5, 0.6) is 0 Å². The van der Waals surface area contributed by atoms with Crippen LogP contribution < -0.4 is 10.5 Å². The highest BCUT2D eigenvalue weighted by Crippen LogP contribution is 2.18. The van der Waals surface area contributed by atoms with Crippen molar-refractivity contribution in [2.75, 3.05) is 11.4 Å². The summed E-state index contributed by atoms with van der Waals surface area (Å²) in [5, 5.41) is 0. The molecule has 1 amide bonds. The monoisotopic (exact) mass is 258 g/mol. The summed E-state index contributed by atoms with van der Waals surface area (Å²) in [6.07, 6.45) is 3.26. The standard InChI is InChI=1S/C14H14N2O3/c1-3-16(10(2)17)12-6-7-13(19-14(12)18)11-5-4-8-15-9-11/h4-9H,3H2,1-2H3. The van der Waals surface area contributed by atoms with Gasteiger partial charge in [0.25, 0.3) is 0 Å². The van der Waals surface area contributed by atoms with Crippen molar-refractivity contribution >= 4 is 11.6 Å². The Kier molecular flexibility index (Phi) is 3.75. The lowest BCUT2D eigenvalue weighted by atomic mass is 10.2. The molecule has 0 aromatic carbocycles. The van der Waals surface area contributed by atoms with E-state index in [1.165, 1.54) is 11.8 Å². The number of carbonyl (C=O) groups is 1. The fourth-order valence-electron chi connectivity index (χ4n) is 1.84. The number of amides is 1. The van der Waals surface area contributed by atoms with E-state index >= 15 is 0 Å². The van der Waals surface area contributed by atoms with Gasteiger partial charge in [-0.25, -0.2) is 4.79 Å². The second-order valence-corrected chi connectivity index (χ2v) is 3.98. The zero-order valence-corrected chi connectivity index (χ0v) is 10.8. The Morgan fingerprint density at radius 3 is 2.68 bits per heavy atom. The molecule has 98 valence electrons. The van der Waals surface area contributed by atoms with E-state index in [0.29, 0.717) is 12.3 Å². The van der Waals surface area contributed by atoms with E-state index in [4.69, 9.17) is 4.42 Å². The van der Waals surface area contributed by atoms with Crippen LogP contribution in [-0.4, -0.2) is 17.4 Å². The minimum Gasteiger partial charge on any atom is -0.421 e. The zero-order valence-electron chi connectivity index (χ0n) is 10.8. The van der Waals surface area contributed by atoms with Gasteiger partial charge in [0.05, 0.1) is 0 Å². The van der Waals surface area contributed by atoms with E-state index < -0.39 is 5.63 Å². The number of aromatic nitrogens is 1. The first-order valence-electron chi connectivity index (χ1n) is 5.96. The molecule has 5 heteroatoms. The average molecular weight is 258 g/mol. The lowest BCUT2D eigenvalue weighted by Gasteiger charge is -2.17. The van der Waals surface area contributed by atoms with E-state index in [-0.39, 0.29) is 11.6 Å². The van der Waals surface area contributed by atoms with Crippen molar-refractivity contribution in [3.05, 3.63) is 47.1 Å². The van der Waals surface area contributed by atoms with Crippen LogP contribution in [0.25, 0.3) is 11.3 Å². The second kappa shape index (κ2) is 5.48. The molecule has 0 fully saturated rings. The number of anilines is 1. The summed E-state index contributed by atoms with van der Waals surface area (Å²) in [6, 6.07) is 6.82. The summed E-state index contributed by atoms with van der Waals surface area (Å²) in [5.74, 6) is 0.241. The second-order valence-electron chi connectivity index (χ2n) is 3.98. The maximum Gasteiger partial charge on any atom is 0.360 e. The molecule has 0 saturated carbocycles. The van der Waals surface area contributed by atoms with Crippen molar-refractivity contribution < 1.29 is 9.21 Å². The Morgan fingerprint density at radius 2 is 2.16 bits per heavy atom. The Bertz CT molecular complexity index is 635. The van der Waals surface area contributed by atoms with Crippen molar-refractivity contribution in [2.45, 2.75) is 13.8 Å². The maximum atomic E-state index is 11.9. The predicted octanol–water partition coefficient (Wildman–Crippen LogP) is 2.07. The Labute approximate surface area is 110 Å². The molecule has 0 aliphatic heterocycles. The molecular weight excluding hydrogens is 244 g/mol. The van der Waals surface area contributed by atoms with Crippen LogP contribution in [0.2, 0.25) is 0 Å². The average Bonchev–Trinajstić information content (AvgIpc) is 2.42. The summed E-state index contributed by atoms with van der Waals surface area (Å²) in [4.78, 5) is 28.7. The van der Waals surface area contributed by atoms with Gasteiger partial charge in [-0.15, -0.1) is 0 Å². The highest BCUT2D eigenvalue weighted by molar-refractivity contribution is 5.91. The minimum atomic E-state index is -0.529. The van der Waals surface area contributed by atoms with Crippen molar-refractivity contribution in [1.29, 1.82) is 0 Å². The molecule has 2 aromatic rings. The van der Waals surface area contributed by atoms with Crippen molar-refractivity contribution in [3.8, 4) is 11.3 Å². The van der Waals surface area contributed by atoms with Gasteiger partial charge in [0, 0.05) is 31.4 Å². The fraction of sp³-hybridized carbons (Fsp3) is 0.214. The molecule has 0 N–H and O–H groups in total. The van der Waals surface area contributed by atoms with Crippen LogP contribution >= 0.6 is 0 Å². The van der Waals surface area contributed by atoms with Gasteiger partial charge in [-0.3, -0.25) is 9.78 Å². The van der Waals surface area contributed by atoms with Crippen LogP contribution in [0.4, 0.5) is 5.69 Å². The van der Waals surface area contributed by atoms with Gasteiger partial charge in [-0.1, -0.05) is 0 Å². The van der Waals surface area contributed by atoms with Crippen molar-refractivity contribution in [2.24, 2.45) is 0 Å². The molecular formula is C14H14N2O3. The topological polar surface area (TPSA) is 63.4 Å². The lowest BCUT2D eigenvalue weighted by molar-refractivity contribution is -0.116. The first-order chi connectivity index (χ1) is 9.13. The first kappa shape index (κ1) is 13.0. The van der Waals surface area contributed by atoms with Gasteiger partial charge in [0.1, 0.15) is 11.4 Å². The van der Waals surface area contributed by atoms with Gasteiger partial charge in [-0.05, 0) is 31.2 Å². The molecule has 0 bridgehead atoms. The number of hydrogen-bond donors (Lipinski definition) is 0. The number of pyridine rings is 1. The molecule has 5 nitrogen and oxygen atoms in total. The van der Waals surface area contributed by atoms with Crippen LogP contribution in [-0.2, 0) is 4.79 Å². The summed E-state index contributed by atoms with van der Waals surface area (Å²) in [5.41, 5.74) is 0.443. The third-order valence-electron chi connectivity index (χ3n) is 2.74. The molecule has 2 heterocycles. The zero-order chi connectivity index (χ0) is 13.8. The maximum absolute atomic E-state index is 11.9. The molecule has 0 atom stereocenters. The molecule has 19 heavy (non-hydrogen) atoms. The first-order valence-corrected chi connectivity index (χ1v) is 5.96. The van der Waals surface area contributed by atoms with Crippen LogP contribution in [0, 0.1) is 0 Å². The normalized spacial score (nSPS) is 10.2. The van der Waals surface area contributed by atoms with Crippen LogP contribution in [0.3, 0.4) is 0 Å². The number of nitrogens with zero attached hydrogens (tertiary/aromatic N) is 2. The van der Waals surface area contributed by atoms with Gasteiger partial charge in [0.15, 0.2) is 0 Å². The summed E-state index contributed by atoms with van der Waals surface area (Å²) >= 11 is 0. The van der Waals surface area contributed by atoms with Gasteiger partial charge in [-0.2, -0.15) is 0 Å². The third-order valence-corrected chi connectivity index (χ3v) is 2.74. The molecule has 0 aliphatic rings. The van der Waals surface area contributed by atoms with Crippen molar-refractivity contribution in [1.82, 2.24) is 4.98 Å². The van der Waals surface area contributed by atoms with E-state index in [1.54, 1.807) is 43.6 Å². The lowest BCUT2D eigenvalue weighted by Crippen LogP contribution is -2.31. The smallest absolute Gasteiger partial charge is 0.360 e. The number of rotatable bonds is 3. The van der Waals surface area contributed by atoms with E-state index in [9.17, 15) is 9.59 Å².